The Morgan fingerprint density at radius 2 is 1.73 bits per heavy atom. The number of hydrogen-bond acceptors (Lipinski definition) is 7. The van der Waals surface area contributed by atoms with E-state index in [2.05, 4.69) is 10.6 Å². The minimum atomic E-state index is -1.43. The van der Waals surface area contributed by atoms with Crippen LogP contribution in [0.1, 0.15) is 41.7 Å². The van der Waals surface area contributed by atoms with Gasteiger partial charge in [0.25, 0.3) is 0 Å². The quantitative estimate of drug-likeness (QED) is 0.320. The van der Waals surface area contributed by atoms with Gasteiger partial charge in [-0.1, -0.05) is 0 Å². The molecule has 3 amide bonds. The summed E-state index contributed by atoms with van der Waals surface area (Å²) < 4.78 is 11.2. The molecule has 176 valence electrons. The number of urea groups is 1. The number of rotatable bonds is 9. The molecule has 2 aromatic heterocycles. The predicted molar refractivity (Wildman–Crippen MR) is 119 cm³/mol. The molecule has 0 saturated heterocycles. The van der Waals surface area contributed by atoms with Crippen molar-refractivity contribution in [1.29, 1.82) is 0 Å². The second kappa shape index (κ2) is 9.76. The number of hydrogen-bond donors (Lipinski definition) is 3. The number of benzene rings is 1. The van der Waals surface area contributed by atoms with E-state index < -0.39 is 29.6 Å². The molecule has 10 nitrogen and oxygen atoms in total. The van der Waals surface area contributed by atoms with Gasteiger partial charge in [0.2, 0.25) is 5.91 Å². The van der Waals surface area contributed by atoms with Crippen molar-refractivity contribution >= 4 is 39.8 Å². The lowest BCUT2D eigenvalue weighted by atomic mass is 10.00. The van der Waals surface area contributed by atoms with Gasteiger partial charge in [-0.05, 0) is 57.2 Å². The smallest absolute Gasteiger partial charge is 0.339 e. The number of amides is 3. The first kappa shape index (κ1) is 23.8. The van der Waals surface area contributed by atoms with Crippen LogP contribution >= 0.6 is 0 Å². The predicted octanol–water partition coefficient (Wildman–Crippen LogP) is 1.08. The summed E-state index contributed by atoms with van der Waals surface area (Å²) in [6, 6.07) is 1.66. The molecule has 10 heteroatoms. The summed E-state index contributed by atoms with van der Waals surface area (Å²) in [6.45, 7) is 5.77. The molecule has 3 aromatic rings. The second-order valence-electron chi connectivity index (χ2n) is 7.99. The van der Waals surface area contributed by atoms with E-state index in [9.17, 15) is 24.3 Å². The number of nitrogens with one attached hydrogen (secondary N) is 2. The molecule has 0 aliphatic carbocycles. The molecule has 33 heavy (non-hydrogen) atoms. The Balaban J connectivity index is 1.73. The summed E-state index contributed by atoms with van der Waals surface area (Å²) in [5, 5.41) is 17.7. The number of carboxylic acids is 1. The fraction of sp³-hybridized carbons (Fsp3) is 0.391. The van der Waals surface area contributed by atoms with E-state index in [-0.39, 0.29) is 32.2 Å². The van der Waals surface area contributed by atoms with Gasteiger partial charge in [0.15, 0.2) is 0 Å². The number of aryl methyl sites for hydroxylation is 3. The van der Waals surface area contributed by atoms with Crippen LogP contribution in [0.15, 0.2) is 25.8 Å². The molecule has 0 saturated carbocycles. The van der Waals surface area contributed by atoms with Crippen LogP contribution in [0.5, 0.6) is 0 Å². The Kier molecular flexibility index (Phi) is 7.05. The molecule has 2 heterocycles. The van der Waals surface area contributed by atoms with Crippen molar-refractivity contribution in [3.8, 4) is 0 Å². The van der Waals surface area contributed by atoms with Crippen molar-refractivity contribution in [2.24, 2.45) is 5.73 Å². The van der Waals surface area contributed by atoms with Gasteiger partial charge < -0.3 is 35.1 Å². The first-order valence-electron chi connectivity index (χ1n) is 10.6. The van der Waals surface area contributed by atoms with Gasteiger partial charge in [-0.2, -0.15) is 0 Å². The Labute approximate surface area is 189 Å². The normalized spacial score (nSPS) is 12.1. The number of primary amides is 1. The van der Waals surface area contributed by atoms with Crippen LogP contribution in [0.3, 0.4) is 0 Å². The Morgan fingerprint density at radius 1 is 1.06 bits per heavy atom. The Bertz CT molecular complexity index is 1290. The van der Waals surface area contributed by atoms with Gasteiger partial charge in [0.05, 0.1) is 12.0 Å². The summed E-state index contributed by atoms with van der Waals surface area (Å²) in [5.41, 5.74) is 7.47. The molecule has 0 fully saturated rings. The standard InChI is InChI=1S/C23H27N3O7/c1-11-13(3)32-18-10-19-16(9-15(11)18)12(2)14(22(30)33-19)6-7-20(27)26-17(21(28)29)5-4-8-25-23(24)31/h9-10,17H,4-8H2,1-3H3,(H,26,27)(H,28,29)(H3,24,25,31)/p-1/t17-/m0/s1. The van der Waals surface area contributed by atoms with Crippen LogP contribution < -0.4 is 27.1 Å². The zero-order valence-electron chi connectivity index (χ0n) is 18.7. The molecule has 3 rings (SSSR count). The topological polar surface area (TPSA) is 168 Å². The Morgan fingerprint density at radius 3 is 2.39 bits per heavy atom. The maximum Gasteiger partial charge on any atom is 0.339 e. The lowest BCUT2D eigenvalue weighted by Crippen LogP contribution is -2.48. The van der Waals surface area contributed by atoms with Crippen LogP contribution in [0.4, 0.5) is 4.79 Å². The van der Waals surface area contributed by atoms with Crippen LogP contribution in [0.2, 0.25) is 0 Å². The first-order valence-corrected chi connectivity index (χ1v) is 10.6. The molecule has 0 aliphatic heterocycles. The molecule has 0 spiro atoms. The maximum absolute atomic E-state index is 12.6. The van der Waals surface area contributed by atoms with Crippen LogP contribution in [-0.4, -0.2) is 30.5 Å². The van der Waals surface area contributed by atoms with Crippen molar-refractivity contribution < 1.29 is 28.3 Å². The molecule has 0 bridgehead atoms. The molecule has 0 radical (unpaired) electrons. The molecule has 1 aromatic carbocycles. The molecule has 0 unspecified atom stereocenters. The minimum absolute atomic E-state index is 0.0605. The van der Waals surface area contributed by atoms with E-state index in [1.165, 1.54) is 0 Å². The maximum atomic E-state index is 12.6. The highest BCUT2D eigenvalue weighted by molar-refractivity contribution is 5.96. The van der Waals surface area contributed by atoms with Crippen molar-refractivity contribution in [2.75, 3.05) is 6.54 Å². The van der Waals surface area contributed by atoms with Gasteiger partial charge in [0.1, 0.15) is 16.9 Å². The summed E-state index contributed by atoms with van der Waals surface area (Å²) in [5.74, 6) is -1.19. The highest BCUT2D eigenvalue weighted by Gasteiger charge is 2.18. The number of nitrogens with two attached hydrogens (primary N) is 1. The highest BCUT2D eigenvalue weighted by Crippen LogP contribution is 2.31. The summed E-state index contributed by atoms with van der Waals surface area (Å²) in [6.07, 6.45) is 0.328. The highest BCUT2D eigenvalue weighted by atomic mass is 16.4. The lowest BCUT2D eigenvalue weighted by Gasteiger charge is -2.19. The third kappa shape index (κ3) is 5.33. The van der Waals surface area contributed by atoms with Gasteiger partial charge in [-0.3, -0.25) is 4.79 Å². The summed E-state index contributed by atoms with van der Waals surface area (Å²) >= 11 is 0. The van der Waals surface area contributed by atoms with Crippen LogP contribution in [0.25, 0.3) is 21.9 Å². The number of carboxylic acid groups (broad SMARTS) is 1. The average Bonchev–Trinajstić information content (AvgIpc) is 3.01. The SMILES string of the molecule is Cc1oc2cc3oc(=O)c(CCC(=O)N[C@@H](CCCNC(N)=O)C(=O)[O-])c(C)c3cc2c1C. The average molecular weight is 456 g/mol. The molecule has 1 atom stereocenters. The summed E-state index contributed by atoms with van der Waals surface area (Å²) in [7, 11) is 0. The third-order valence-electron chi connectivity index (χ3n) is 5.77. The van der Waals surface area contributed by atoms with Gasteiger partial charge in [0, 0.05) is 35.4 Å². The zero-order valence-corrected chi connectivity index (χ0v) is 18.7. The van der Waals surface area contributed by atoms with Crippen molar-refractivity contribution in [1.82, 2.24) is 10.6 Å². The number of aliphatic carboxylic acids is 1. The fourth-order valence-corrected chi connectivity index (χ4v) is 3.79. The third-order valence-corrected chi connectivity index (χ3v) is 5.77. The monoisotopic (exact) mass is 456 g/mol. The van der Waals surface area contributed by atoms with Gasteiger partial charge >= 0.3 is 11.7 Å². The van der Waals surface area contributed by atoms with E-state index in [4.69, 9.17) is 14.6 Å². The van der Waals surface area contributed by atoms with Crippen molar-refractivity contribution in [2.45, 2.75) is 52.5 Å². The van der Waals surface area contributed by atoms with E-state index in [0.717, 1.165) is 22.1 Å². The summed E-state index contributed by atoms with van der Waals surface area (Å²) in [4.78, 5) is 46.9. The van der Waals surface area contributed by atoms with Crippen molar-refractivity contribution in [3.63, 3.8) is 0 Å². The number of furan rings is 1. The van der Waals surface area contributed by atoms with Gasteiger partial charge in [-0.25, -0.2) is 9.59 Å². The van der Waals surface area contributed by atoms with Crippen LogP contribution in [-0.2, 0) is 16.0 Å². The van der Waals surface area contributed by atoms with E-state index in [0.29, 0.717) is 22.3 Å². The second-order valence-corrected chi connectivity index (χ2v) is 7.99. The molecular formula is C23H26N3O7-. The first-order chi connectivity index (χ1) is 15.6. The molecule has 4 N–H and O–H groups in total. The minimum Gasteiger partial charge on any atom is -0.548 e. The van der Waals surface area contributed by atoms with Gasteiger partial charge in [-0.15, -0.1) is 0 Å². The number of fused-ring (bicyclic) bond motifs is 2. The lowest BCUT2D eigenvalue weighted by molar-refractivity contribution is -0.308. The fourth-order valence-electron chi connectivity index (χ4n) is 3.79. The molecule has 0 aliphatic rings. The Hall–Kier alpha value is -3.82. The number of carbonyl (C=O) groups excluding carboxylic acids is 3. The zero-order chi connectivity index (χ0) is 24.3. The largest absolute Gasteiger partial charge is 0.548 e. The van der Waals surface area contributed by atoms with Crippen LogP contribution in [0, 0.1) is 20.8 Å². The van der Waals surface area contributed by atoms with E-state index in [1.807, 2.05) is 19.9 Å². The number of carbonyl (C=O) groups is 3. The van der Waals surface area contributed by atoms with E-state index in [1.54, 1.807) is 13.0 Å². The van der Waals surface area contributed by atoms with E-state index >= 15 is 0 Å². The molecular weight excluding hydrogens is 430 g/mol. The van der Waals surface area contributed by atoms with Crippen molar-refractivity contribution in [3.05, 3.63) is 45.0 Å².